The Kier molecular flexibility index (Phi) is 4.08. The van der Waals surface area contributed by atoms with Crippen LogP contribution in [0.4, 0.5) is 0 Å². The topological polar surface area (TPSA) is 69.1 Å². The average molecular weight is 279 g/mol. The number of rotatable bonds is 5. The molecule has 0 radical (unpaired) electrons. The summed E-state index contributed by atoms with van der Waals surface area (Å²) in [5.74, 6) is 1.64. The van der Waals surface area contributed by atoms with Crippen molar-refractivity contribution in [3.05, 3.63) is 10.8 Å². The molecule has 1 aliphatic carbocycles. The number of nitrogens with zero attached hydrogens (tertiary/aromatic N) is 4. The van der Waals surface area contributed by atoms with Crippen molar-refractivity contribution in [2.45, 2.75) is 57.3 Å². The zero-order chi connectivity index (χ0) is 13.1. The fraction of sp³-hybridized carbons (Fsp3) is 0.769. The van der Waals surface area contributed by atoms with E-state index in [0.29, 0.717) is 5.92 Å². The Morgan fingerprint density at radius 2 is 2.00 bits per heavy atom. The van der Waals surface area contributed by atoms with Crippen LogP contribution in [0.5, 0.6) is 0 Å². The molecule has 1 aliphatic rings. The van der Waals surface area contributed by atoms with E-state index in [4.69, 9.17) is 5.73 Å². The van der Waals surface area contributed by atoms with Crippen molar-refractivity contribution >= 4 is 16.3 Å². The quantitative estimate of drug-likeness (QED) is 0.854. The second-order valence-corrected chi connectivity index (χ2v) is 6.37. The van der Waals surface area contributed by atoms with E-state index in [1.54, 1.807) is 11.3 Å². The first-order valence-corrected chi connectivity index (χ1v) is 8.11. The molecule has 3 rings (SSSR count). The molecule has 0 atom stereocenters. The highest BCUT2D eigenvalue weighted by molar-refractivity contribution is 7.16. The molecule has 0 aliphatic heterocycles. The molecule has 2 N–H and O–H groups in total. The van der Waals surface area contributed by atoms with E-state index in [-0.39, 0.29) is 0 Å². The fourth-order valence-corrected chi connectivity index (χ4v) is 3.69. The van der Waals surface area contributed by atoms with Gasteiger partial charge in [-0.1, -0.05) is 30.6 Å². The van der Waals surface area contributed by atoms with Gasteiger partial charge in [-0.3, -0.25) is 0 Å². The summed E-state index contributed by atoms with van der Waals surface area (Å²) in [6.45, 7) is 0.761. The van der Waals surface area contributed by atoms with Crippen molar-refractivity contribution in [2.24, 2.45) is 5.73 Å². The number of nitrogens with two attached hydrogens (primary N) is 1. The maximum Gasteiger partial charge on any atom is 0.234 e. The third kappa shape index (κ3) is 2.79. The van der Waals surface area contributed by atoms with Crippen molar-refractivity contribution in [3.63, 3.8) is 0 Å². The van der Waals surface area contributed by atoms with Crippen molar-refractivity contribution < 1.29 is 0 Å². The minimum atomic E-state index is 0.558. The largest absolute Gasteiger partial charge is 0.330 e. The van der Waals surface area contributed by atoms with Gasteiger partial charge in [-0.15, -0.1) is 10.2 Å². The van der Waals surface area contributed by atoms with Gasteiger partial charge in [0.2, 0.25) is 4.96 Å². The molecular weight excluding hydrogens is 258 g/mol. The Labute approximate surface area is 117 Å². The maximum absolute atomic E-state index is 5.52. The van der Waals surface area contributed by atoms with Gasteiger partial charge >= 0.3 is 0 Å². The highest BCUT2D eigenvalue weighted by atomic mass is 32.1. The van der Waals surface area contributed by atoms with Crippen LogP contribution in [-0.2, 0) is 6.42 Å². The Hall–Kier alpha value is -1.01. The zero-order valence-corrected chi connectivity index (χ0v) is 12.0. The molecular formula is C13H21N5S. The number of unbranched alkanes of at least 4 members (excludes halogenated alkanes) is 1. The summed E-state index contributed by atoms with van der Waals surface area (Å²) in [6, 6.07) is 0. The molecule has 1 saturated carbocycles. The van der Waals surface area contributed by atoms with Gasteiger partial charge in [-0.05, 0) is 32.2 Å². The Morgan fingerprint density at radius 1 is 1.16 bits per heavy atom. The van der Waals surface area contributed by atoms with Crippen LogP contribution in [0.3, 0.4) is 0 Å². The van der Waals surface area contributed by atoms with Gasteiger partial charge in [0, 0.05) is 12.3 Å². The molecule has 2 aromatic heterocycles. The summed E-state index contributed by atoms with van der Waals surface area (Å²) in [5.41, 5.74) is 5.52. The number of hydrogen-bond donors (Lipinski definition) is 1. The van der Waals surface area contributed by atoms with Crippen LogP contribution in [0.15, 0.2) is 0 Å². The van der Waals surface area contributed by atoms with Crippen molar-refractivity contribution in [1.82, 2.24) is 19.8 Å². The second-order valence-electron chi connectivity index (χ2n) is 5.33. The van der Waals surface area contributed by atoms with Gasteiger partial charge in [0.05, 0.1) is 0 Å². The first-order chi connectivity index (χ1) is 9.38. The van der Waals surface area contributed by atoms with Crippen LogP contribution in [0.25, 0.3) is 4.96 Å². The summed E-state index contributed by atoms with van der Waals surface area (Å²) >= 11 is 1.67. The molecule has 0 spiro atoms. The number of aromatic nitrogens is 4. The van der Waals surface area contributed by atoms with Gasteiger partial charge in [-0.25, -0.2) is 0 Å². The van der Waals surface area contributed by atoms with Crippen LogP contribution < -0.4 is 5.73 Å². The third-order valence-corrected chi connectivity index (χ3v) is 4.83. The van der Waals surface area contributed by atoms with Crippen LogP contribution in [0, 0.1) is 0 Å². The number of fused-ring (bicyclic) bond motifs is 1. The fourth-order valence-electron chi connectivity index (χ4n) is 2.81. The lowest BCUT2D eigenvalue weighted by Gasteiger charge is -2.18. The molecule has 0 unspecified atom stereocenters. The Bertz CT molecular complexity index is 526. The maximum atomic E-state index is 5.52. The van der Waals surface area contributed by atoms with Crippen LogP contribution in [0.2, 0.25) is 0 Å². The minimum Gasteiger partial charge on any atom is -0.330 e. The molecule has 6 heteroatoms. The van der Waals surface area contributed by atoms with Crippen LogP contribution >= 0.6 is 11.3 Å². The summed E-state index contributed by atoms with van der Waals surface area (Å²) in [5, 5.41) is 14.5. The summed E-state index contributed by atoms with van der Waals surface area (Å²) in [6.07, 6.45) is 9.64. The van der Waals surface area contributed by atoms with Crippen molar-refractivity contribution in [2.75, 3.05) is 6.54 Å². The first kappa shape index (κ1) is 13.0. The molecule has 0 bridgehead atoms. The normalized spacial score (nSPS) is 17.3. The van der Waals surface area contributed by atoms with E-state index < -0.39 is 0 Å². The summed E-state index contributed by atoms with van der Waals surface area (Å²) in [7, 11) is 0. The lowest BCUT2D eigenvalue weighted by Crippen LogP contribution is -2.09. The van der Waals surface area contributed by atoms with E-state index in [2.05, 4.69) is 15.3 Å². The molecule has 0 saturated heterocycles. The molecule has 5 nitrogen and oxygen atoms in total. The summed E-state index contributed by atoms with van der Waals surface area (Å²) < 4.78 is 1.98. The van der Waals surface area contributed by atoms with Gasteiger partial charge in [-0.2, -0.15) is 9.61 Å². The highest BCUT2D eigenvalue weighted by Gasteiger charge is 2.22. The van der Waals surface area contributed by atoms with E-state index in [0.717, 1.165) is 41.6 Å². The molecule has 19 heavy (non-hydrogen) atoms. The molecule has 1 fully saturated rings. The number of aryl methyl sites for hydroxylation is 1. The van der Waals surface area contributed by atoms with Crippen LogP contribution in [-0.4, -0.2) is 26.4 Å². The van der Waals surface area contributed by atoms with Gasteiger partial charge < -0.3 is 5.73 Å². The minimum absolute atomic E-state index is 0.558. The van der Waals surface area contributed by atoms with Crippen molar-refractivity contribution in [1.29, 1.82) is 0 Å². The molecule has 0 aromatic carbocycles. The Morgan fingerprint density at radius 3 is 2.79 bits per heavy atom. The zero-order valence-electron chi connectivity index (χ0n) is 11.2. The Balaban J connectivity index is 1.77. The third-order valence-electron chi connectivity index (χ3n) is 3.87. The van der Waals surface area contributed by atoms with E-state index in [1.165, 1.54) is 32.1 Å². The lowest BCUT2D eigenvalue weighted by atomic mass is 9.89. The van der Waals surface area contributed by atoms with E-state index >= 15 is 0 Å². The molecule has 104 valence electrons. The monoisotopic (exact) mass is 279 g/mol. The van der Waals surface area contributed by atoms with E-state index in [9.17, 15) is 0 Å². The smallest absolute Gasteiger partial charge is 0.234 e. The van der Waals surface area contributed by atoms with Crippen LogP contribution in [0.1, 0.15) is 61.7 Å². The first-order valence-electron chi connectivity index (χ1n) is 7.29. The number of hydrogen-bond acceptors (Lipinski definition) is 5. The van der Waals surface area contributed by atoms with Crippen molar-refractivity contribution in [3.8, 4) is 0 Å². The summed E-state index contributed by atoms with van der Waals surface area (Å²) in [4.78, 5) is 0.948. The highest BCUT2D eigenvalue weighted by Crippen LogP contribution is 2.32. The van der Waals surface area contributed by atoms with Gasteiger partial charge in [0.25, 0.3) is 0 Å². The van der Waals surface area contributed by atoms with Gasteiger partial charge in [0.1, 0.15) is 5.01 Å². The standard InChI is InChI=1S/C13H21N5S/c14-9-5-4-8-11-17-18-12(15-16-13(18)19-11)10-6-2-1-3-7-10/h10H,1-9,14H2. The van der Waals surface area contributed by atoms with E-state index in [1.807, 2.05) is 4.52 Å². The average Bonchev–Trinajstić information content (AvgIpc) is 3.00. The molecule has 0 amide bonds. The van der Waals surface area contributed by atoms with Gasteiger partial charge in [0.15, 0.2) is 5.82 Å². The predicted molar refractivity (Wildman–Crippen MR) is 76.5 cm³/mol. The SMILES string of the molecule is NCCCCc1nn2c(C3CCCCC3)nnc2s1. The second kappa shape index (κ2) is 5.96. The molecule has 2 heterocycles. The molecule has 2 aromatic rings. The lowest BCUT2D eigenvalue weighted by molar-refractivity contribution is 0.423. The predicted octanol–water partition coefficient (Wildman–Crippen LogP) is 2.51.